The van der Waals surface area contributed by atoms with E-state index in [-0.39, 0.29) is 0 Å². The van der Waals surface area contributed by atoms with Crippen molar-refractivity contribution in [2.24, 2.45) is 0 Å². The van der Waals surface area contributed by atoms with Crippen molar-refractivity contribution in [3.63, 3.8) is 0 Å². The monoisotopic (exact) mass is 200 g/mol. The van der Waals surface area contributed by atoms with E-state index in [1.807, 2.05) is 18.2 Å². The predicted octanol–water partition coefficient (Wildman–Crippen LogP) is 2.64. The fourth-order valence-corrected chi connectivity index (χ4v) is 1.29. The summed E-state index contributed by atoms with van der Waals surface area (Å²) in [6.07, 6.45) is 1.34. The zero-order valence-electron chi connectivity index (χ0n) is 8.87. The van der Waals surface area contributed by atoms with Crippen molar-refractivity contribution in [1.82, 2.24) is 5.32 Å². The Balaban J connectivity index is 2.13. The number of hydrogen-bond acceptors (Lipinski definition) is 2. The molecule has 0 fully saturated rings. The highest BCUT2D eigenvalue weighted by Crippen LogP contribution is 2.02. The van der Waals surface area contributed by atoms with Gasteiger partial charge in [0.25, 0.3) is 0 Å². The van der Waals surface area contributed by atoms with E-state index in [4.69, 9.17) is 5.26 Å². The van der Waals surface area contributed by atoms with Gasteiger partial charge in [0.15, 0.2) is 0 Å². The number of benzene rings is 1. The molecule has 0 heterocycles. The van der Waals surface area contributed by atoms with E-state index in [1.165, 1.54) is 5.56 Å². The third-order valence-electron chi connectivity index (χ3n) is 2.16. The Hall–Kier alpha value is -1.59. The van der Waals surface area contributed by atoms with E-state index in [0.29, 0.717) is 6.42 Å². The van der Waals surface area contributed by atoms with Crippen LogP contribution in [0.25, 0.3) is 0 Å². The molecule has 1 rings (SSSR count). The normalized spacial score (nSPS) is 9.53. The molecule has 78 valence electrons. The average Bonchev–Trinajstić information content (AvgIpc) is 2.26. The minimum absolute atomic E-state index is 0.465. The van der Waals surface area contributed by atoms with Crippen LogP contribution in [0, 0.1) is 11.3 Å². The van der Waals surface area contributed by atoms with Crippen molar-refractivity contribution in [1.29, 1.82) is 5.26 Å². The van der Waals surface area contributed by atoms with Gasteiger partial charge in [0.1, 0.15) is 0 Å². The molecule has 0 aromatic heterocycles. The number of nitrogens with zero attached hydrogens (tertiary/aromatic N) is 1. The van der Waals surface area contributed by atoms with Crippen LogP contribution in [-0.4, -0.2) is 6.54 Å². The maximum Gasteiger partial charge on any atom is 0.0666 e. The molecule has 1 aromatic rings. The fourth-order valence-electron chi connectivity index (χ4n) is 1.29. The average molecular weight is 200 g/mol. The third kappa shape index (κ3) is 4.99. The van der Waals surface area contributed by atoms with Gasteiger partial charge in [0.2, 0.25) is 0 Å². The summed E-state index contributed by atoms with van der Waals surface area (Å²) in [5.41, 5.74) is 2.28. The molecule has 0 aliphatic rings. The quantitative estimate of drug-likeness (QED) is 0.566. The molecule has 0 spiro atoms. The smallest absolute Gasteiger partial charge is 0.0666 e. The lowest BCUT2D eigenvalue weighted by Crippen LogP contribution is -2.14. The van der Waals surface area contributed by atoms with Crippen molar-refractivity contribution in [2.75, 3.05) is 6.54 Å². The Kier molecular flexibility index (Phi) is 5.21. The lowest BCUT2D eigenvalue weighted by atomic mass is 10.1. The zero-order chi connectivity index (χ0) is 10.9. The minimum Gasteiger partial charge on any atom is -0.312 e. The summed E-state index contributed by atoms with van der Waals surface area (Å²) >= 11 is 0. The first kappa shape index (κ1) is 11.5. The van der Waals surface area contributed by atoms with Crippen LogP contribution < -0.4 is 5.32 Å². The van der Waals surface area contributed by atoms with E-state index >= 15 is 0 Å². The van der Waals surface area contributed by atoms with Gasteiger partial charge in [-0.05, 0) is 18.5 Å². The molecule has 1 aromatic carbocycles. The number of rotatable bonds is 6. The summed E-state index contributed by atoms with van der Waals surface area (Å²) in [5.74, 6) is 0. The predicted molar refractivity (Wildman–Crippen MR) is 62.1 cm³/mol. The number of hydrogen-bond donors (Lipinski definition) is 1. The lowest BCUT2D eigenvalue weighted by Gasteiger charge is -2.04. The van der Waals surface area contributed by atoms with Gasteiger partial charge in [-0.3, -0.25) is 0 Å². The standard InChI is InChI=1S/C13H16N2/c1-12(7-9-14)8-10-15-11-13-5-3-2-4-6-13/h2-6,15H,1,7-8,10-11H2. The lowest BCUT2D eigenvalue weighted by molar-refractivity contribution is 0.681. The molecule has 0 saturated carbocycles. The molecule has 0 atom stereocenters. The highest BCUT2D eigenvalue weighted by atomic mass is 14.8. The first-order valence-electron chi connectivity index (χ1n) is 5.11. The van der Waals surface area contributed by atoms with Crippen LogP contribution in [0.15, 0.2) is 42.5 Å². The highest BCUT2D eigenvalue weighted by Gasteiger charge is 1.94. The number of nitrogens with one attached hydrogen (secondary N) is 1. The van der Waals surface area contributed by atoms with Gasteiger partial charge in [-0.2, -0.15) is 5.26 Å². The van der Waals surface area contributed by atoms with Crippen LogP contribution in [0.5, 0.6) is 0 Å². The van der Waals surface area contributed by atoms with Crippen molar-refractivity contribution in [2.45, 2.75) is 19.4 Å². The second-order valence-electron chi connectivity index (χ2n) is 3.50. The van der Waals surface area contributed by atoms with Crippen molar-refractivity contribution in [3.8, 4) is 6.07 Å². The molecular weight excluding hydrogens is 184 g/mol. The van der Waals surface area contributed by atoms with Crippen LogP contribution in [0.2, 0.25) is 0 Å². The largest absolute Gasteiger partial charge is 0.312 e. The van der Waals surface area contributed by atoms with Crippen LogP contribution in [0.1, 0.15) is 18.4 Å². The van der Waals surface area contributed by atoms with Crippen LogP contribution in [0.4, 0.5) is 0 Å². The Morgan fingerprint density at radius 1 is 1.33 bits per heavy atom. The van der Waals surface area contributed by atoms with Crippen molar-refractivity contribution >= 4 is 0 Å². The molecule has 15 heavy (non-hydrogen) atoms. The van der Waals surface area contributed by atoms with Crippen LogP contribution in [0.3, 0.4) is 0 Å². The zero-order valence-corrected chi connectivity index (χ0v) is 8.87. The van der Waals surface area contributed by atoms with E-state index in [9.17, 15) is 0 Å². The Labute approximate surface area is 91.2 Å². The van der Waals surface area contributed by atoms with Gasteiger partial charge in [-0.15, -0.1) is 0 Å². The van der Waals surface area contributed by atoms with E-state index in [0.717, 1.165) is 25.1 Å². The molecule has 1 N–H and O–H groups in total. The molecule has 0 saturated heterocycles. The third-order valence-corrected chi connectivity index (χ3v) is 2.16. The van der Waals surface area contributed by atoms with E-state index in [2.05, 4.69) is 30.1 Å². The molecule has 2 nitrogen and oxygen atoms in total. The maximum atomic E-state index is 8.44. The molecule has 0 unspecified atom stereocenters. The summed E-state index contributed by atoms with van der Waals surface area (Å²) in [4.78, 5) is 0. The summed E-state index contributed by atoms with van der Waals surface area (Å²) in [6, 6.07) is 12.4. The van der Waals surface area contributed by atoms with Gasteiger partial charge < -0.3 is 5.32 Å². The van der Waals surface area contributed by atoms with Crippen molar-refractivity contribution in [3.05, 3.63) is 48.0 Å². The molecule has 0 amide bonds. The summed E-state index contributed by atoms with van der Waals surface area (Å²) < 4.78 is 0. The van der Waals surface area contributed by atoms with E-state index in [1.54, 1.807) is 0 Å². The van der Waals surface area contributed by atoms with Gasteiger partial charge in [0, 0.05) is 6.54 Å². The van der Waals surface area contributed by atoms with E-state index < -0.39 is 0 Å². The summed E-state index contributed by atoms with van der Waals surface area (Å²) in [5, 5.41) is 11.8. The van der Waals surface area contributed by atoms with Crippen LogP contribution in [-0.2, 0) is 6.54 Å². The van der Waals surface area contributed by atoms with Gasteiger partial charge in [0.05, 0.1) is 12.5 Å². The molecule has 0 radical (unpaired) electrons. The second kappa shape index (κ2) is 6.80. The minimum atomic E-state index is 0.465. The molecule has 0 bridgehead atoms. The Morgan fingerprint density at radius 3 is 2.73 bits per heavy atom. The van der Waals surface area contributed by atoms with Crippen molar-refractivity contribution < 1.29 is 0 Å². The number of nitriles is 1. The van der Waals surface area contributed by atoms with Gasteiger partial charge >= 0.3 is 0 Å². The molecule has 0 aliphatic carbocycles. The van der Waals surface area contributed by atoms with Gasteiger partial charge in [-0.25, -0.2) is 0 Å². The molecular formula is C13H16N2. The first-order chi connectivity index (χ1) is 7.33. The second-order valence-corrected chi connectivity index (χ2v) is 3.50. The Morgan fingerprint density at radius 2 is 2.07 bits per heavy atom. The summed E-state index contributed by atoms with van der Waals surface area (Å²) in [7, 11) is 0. The molecule has 0 aliphatic heterocycles. The first-order valence-corrected chi connectivity index (χ1v) is 5.11. The van der Waals surface area contributed by atoms with Crippen LogP contribution >= 0.6 is 0 Å². The fraction of sp³-hybridized carbons (Fsp3) is 0.308. The maximum absolute atomic E-state index is 8.44. The highest BCUT2D eigenvalue weighted by molar-refractivity contribution is 5.14. The SMILES string of the molecule is C=C(CC#N)CCNCc1ccccc1. The summed E-state index contributed by atoms with van der Waals surface area (Å²) in [6.45, 7) is 5.59. The Bertz CT molecular complexity index is 335. The molecule has 2 heteroatoms. The topological polar surface area (TPSA) is 35.8 Å². The van der Waals surface area contributed by atoms with Gasteiger partial charge in [-0.1, -0.05) is 42.5 Å².